The summed E-state index contributed by atoms with van der Waals surface area (Å²) in [6.45, 7) is 18.2. The molecule has 11 nitrogen and oxygen atoms in total. The standard InChI is InChI=1S/C45H67NO10/c1-27(2)13-10-14-28(3)15-11-16-29(4)17-12-21-45(8)22-20-34-32(7)40(30(5)31(6)41(34)56-45)54-24-23-53-37-25-33(18-19-35(37)43(50)52-9)46-26-36(47)42-38(48)39(49)44(51)55-42/h18-19,25,27-29,36,42,46-49H,10-17,20-24,26H2,1-9H3/t28-,29-,36+,42-,45-/m1/s1. The smallest absolute Gasteiger partial charge is 0.377 e. The van der Waals surface area contributed by atoms with E-state index in [-0.39, 0.29) is 36.7 Å². The molecule has 5 atom stereocenters. The third-order valence-corrected chi connectivity index (χ3v) is 11.6. The van der Waals surface area contributed by atoms with E-state index in [1.165, 1.54) is 70.1 Å². The number of methoxy groups -OCH3 is 1. The molecule has 2 heterocycles. The lowest BCUT2D eigenvalue weighted by Crippen LogP contribution is -2.37. The fourth-order valence-electron chi connectivity index (χ4n) is 7.86. The van der Waals surface area contributed by atoms with Crippen molar-refractivity contribution in [2.24, 2.45) is 17.8 Å². The summed E-state index contributed by atoms with van der Waals surface area (Å²) in [5.41, 5.74) is 4.87. The van der Waals surface area contributed by atoms with Crippen molar-refractivity contribution in [3.63, 3.8) is 0 Å². The Labute approximate surface area is 334 Å². The van der Waals surface area contributed by atoms with E-state index < -0.39 is 35.7 Å². The van der Waals surface area contributed by atoms with Crippen LogP contribution in [-0.4, -0.2) is 71.9 Å². The molecule has 0 bridgehead atoms. The predicted octanol–water partition coefficient (Wildman–Crippen LogP) is 9.40. The summed E-state index contributed by atoms with van der Waals surface area (Å²) < 4.78 is 29.0. The van der Waals surface area contributed by atoms with E-state index in [4.69, 9.17) is 23.7 Å². The summed E-state index contributed by atoms with van der Waals surface area (Å²) in [5.74, 6) is 1.07. The van der Waals surface area contributed by atoms with Gasteiger partial charge in [-0.3, -0.25) is 0 Å². The quantitative estimate of drug-likeness (QED) is 0.0668. The van der Waals surface area contributed by atoms with Gasteiger partial charge in [0.1, 0.15) is 47.7 Å². The largest absolute Gasteiger partial charge is 0.505 e. The maximum Gasteiger partial charge on any atom is 0.377 e. The SMILES string of the molecule is COC(=O)c1ccc(NC[C@H](O)[C@H]2OC(=O)C(O)=C2O)cc1OCCOc1c(C)c(C)c2c(c1C)CC[C@@](C)(CCC[C@H](C)CCC[C@H](C)CCCC(C)C)O2. The van der Waals surface area contributed by atoms with Crippen LogP contribution in [0.2, 0.25) is 0 Å². The van der Waals surface area contributed by atoms with E-state index in [1.54, 1.807) is 12.1 Å². The van der Waals surface area contributed by atoms with Gasteiger partial charge in [-0.15, -0.1) is 0 Å². The fraction of sp³-hybridized carbons (Fsp3) is 0.644. The summed E-state index contributed by atoms with van der Waals surface area (Å²) in [5, 5.41) is 32.9. The van der Waals surface area contributed by atoms with Crippen molar-refractivity contribution in [1.29, 1.82) is 0 Å². The maximum atomic E-state index is 12.5. The van der Waals surface area contributed by atoms with E-state index in [9.17, 15) is 24.9 Å². The number of aliphatic hydroxyl groups excluding tert-OH is 3. The Morgan fingerprint density at radius 1 is 0.929 bits per heavy atom. The van der Waals surface area contributed by atoms with E-state index in [0.29, 0.717) is 5.69 Å². The van der Waals surface area contributed by atoms with E-state index in [1.807, 2.05) is 0 Å². The molecule has 0 spiro atoms. The Hall–Kier alpha value is -4.12. The molecule has 0 saturated carbocycles. The molecular weight excluding hydrogens is 714 g/mol. The second kappa shape index (κ2) is 20.3. The lowest BCUT2D eigenvalue weighted by atomic mass is 9.83. The van der Waals surface area contributed by atoms with Crippen LogP contribution in [0.4, 0.5) is 5.69 Å². The molecule has 0 unspecified atom stereocenters. The lowest BCUT2D eigenvalue weighted by Gasteiger charge is -2.38. The number of fused-ring (bicyclic) bond motifs is 1. The molecule has 0 saturated heterocycles. The number of esters is 2. The third kappa shape index (κ3) is 11.7. The second-order valence-electron chi connectivity index (χ2n) is 16.8. The average Bonchev–Trinajstić information content (AvgIpc) is 3.42. The van der Waals surface area contributed by atoms with Crippen LogP contribution in [0.1, 0.15) is 131 Å². The van der Waals surface area contributed by atoms with Crippen molar-refractivity contribution in [2.45, 2.75) is 144 Å². The molecule has 2 aromatic rings. The summed E-state index contributed by atoms with van der Waals surface area (Å²) in [6.07, 6.45) is 10.6. The summed E-state index contributed by atoms with van der Waals surface area (Å²) in [6, 6.07) is 4.71. The van der Waals surface area contributed by atoms with Gasteiger partial charge in [-0.1, -0.05) is 72.6 Å². The summed E-state index contributed by atoms with van der Waals surface area (Å²) in [4.78, 5) is 24.0. The van der Waals surface area contributed by atoms with E-state index >= 15 is 0 Å². The average molecular weight is 782 g/mol. The highest BCUT2D eigenvalue weighted by Gasteiger charge is 2.39. The molecule has 11 heteroatoms. The van der Waals surface area contributed by atoms with Gasteiger partial charge in [0, 0.05) is 23.9 Å². The molecule has 4 rings (SSSR count). The first-order valence-corrected chi connectivity index (χ1v) is 20.6. The van der Waals surface area contributed by atoms with E-state index in [0.717, 1.165) is 65.2 Å². The zero-order valence-electron chi connectivity index (χ0n) is 35.2. The molecular formula is C45H67NO10. The molecule has 0 aliphatic carbocycles. The van der Waals surface area contributed by atoms with Gasteiger partial charge in [-0.2, -0.15) is 0 Å². The Kier molecular flexibility index (Phi) is 16.2. The zero-order valence-corrected chi connectivity index (χ0v) is 35.2. The number of cyclic esters (lactones) is 1. The number of carbonyl (C=O) groups is 2. The van der Waals surface area contributed by atoms with Crippen LogP contribution < -0.4 is 19.5 Å². The number of ether oxygens (including phenoxy) is 5. The van der Waals surface area contributed by atoms with Gasteiger partial charge in [0.15, 0.2) is 11.9 Å². The number of hydrogen-bond donors (Lipinski definition) is 4. The minimum absolute atomic E-state index is 0.130. The van der Waals surface area contributed by atoms with Gasteiger partial charge in [0.05, 0.1) is 7.11 Å². The first-order valence-electron chi connectivity index (χ1n) is 20.6. The molecule has 2 aromatic carbocycles. The van der Waals surface area contributed by atoms with Crippen molar-refractivity contribution >= 4 is 17.6 Å². The van der Waals surface area contributed by atoms with Crippen LogP contribution in [0.25, 0.3) is 0 Å². The van der Waals surface area contributed by atoms with Gasteiger partial charge in [-0.05, 0) is 100.0 Å². The molecule has 0 amide bonds. The summed E-state index contributed by atoms with van der Waals surface area (Å²) in [7, 11) is 1.28. The summed E-state index contributed by atoms with van der Waals surface area (Å²) >= 11 is 0. The minimum atomic E-state index is -1.40. The van der Waals surface area contributed by atoms with Gasteiger partial charge in [0.25, 0.3) is 0 Å². The lowest BCUT2D eigenvalue weighted by molar-refractivity contribution is -0.146. The topological polar surface area (TPSA) is 153 Å². The highest BCUT2D eigenvalue weighted by molar-refractivity contribution is 5.93. The third-order valence-electron chi connectivity index (χ3n) is 11.6. The molecule has 4 N–H and O–H groups in total. The van der Waals surface area contributed by atoms with Crippen molar-refractivity contribution in [1.82, 2.24) is 0 Å². The number of anilines is 1. The molecule has 56 heavy (non-hydrogen) atoms. The molecule has 0 radical (unpaired) electrons. The van der Waals surface area contributed by atoms with Crippen LogP contribution >= 0.6 is 0 Å². The van der Waals surface area contributed by atoms with Gasteiger partial charge in [-0.25, -0.2) is 9.59 Å². The molecule has 2 aliphatic rings. The molecule has 0 fully saturated rings. The van der Waals surface area contributed by atoms with Crippen LogP contribution in [0.5, 0.6) is 17.2 Å². The van der Waals surface area contributed by atoms with Crippen molar-refractivity contribution in [3.05, 3.63) is 57.5 Å². The van der Waals surface area contributed by atoms with Crippen LogP contribution in [0.3, 0.4) is 0 Å². The van der Waals surface area contributed by atoms with Crippen molar-refractivity contribution in [3.8, 4) is 17.2 Å². The minimum Gasteiger partial charge on any atom is -0.505 e. The number of rotatable bonds is 22. The van der Waals surface area contributed by atoms with Crippen molar-refractivity contribution < 1.29 is 48.6 Å². The second-order valence-corrected chi connectivity index (χ2v) is 16.8. The Morgan fingerprint density at radius 2 is 1.57 bits per heavy atom. The van der Waals surface area contributed by atoms with E-state index in [2.05, 4.69) is 60.7 Å². The van der Waals surface area contributed by atoms with Crippen LogP contribution in [-0.2, 0) is 20.7 Å². The maximum absolute atomic E-state index is 12.5. The fourth-order valence-corrected chi connectivity index (χ4v) is 7.86. The predicted molar refractivity (Wildman–Crippen MR) is 218 cm³/mol. The van der Waals surface area contributed by atoms with Gasteiger partial charge < -0.3 is 44.3 Å². The monoisotopic (exact) mass is 781 g/mol. The first-order chi connectivity index (χ1) is 26.5. The number of nitrogens with one attached hydrogen (secondary N) is 1. The molecule has 312 valence electrons. The highest BCUT2D eigenvalue weighted by atomic mass is 16.6. The number of aliphatic hydroxyl groups is 3. The highest BCUT2D eigenvalue weighted by Crippen LogP contribution is 2.45. The van der Waals surface area contributed by atoms with Crippen LogP contribution in [0, 0.1) is 38.5 Å². The number of carbonyl (C=O) groups excluding carboxylic acids is 2. The normalized spacial score (nSPS) is 19.6. The number of benzene rings is 2. The Bertz CT molecular complexity index is 1690. The molecule has 2 aliphatic heterocycles. The first kappa shape index (κ1) is 44.6. The van der Waals surface area contributed by atoms with Gasteiger partial charge >= 0.3 is 11.9 Å². The van der Waals surface area contributed by atoms with Crippen molar-refractivity contribution in [2.75, 3.05) is 32.2 Å². The Balaban J connectivity index is 1.29. The van der Waals surface area contributed by atoms with Gasteiger partial charge in [0.2, 0.25) is 5.76 Å². The molecule has 0 aromatic heterocycles. The Morgan fingerprint density at radius 3 is 2.20 bits per heavy atom. The zero-order chi connectivity index (χ0) is 41.2. The number of hydrogen-bond acceptors (Lipinski definition) is 11. The van der Waals surface area contributed by atoms with Crippen LogP contribution in [0.15, 0.2) is 29.7 Å².